The highest BCUT2D eigenvalue weighted by Crippen LogP contribution is 2.37. The lowest BCUT2D eigenvalue weighted by atomic mass is 10.2. The van der Waals surface area contributed by atoms with E-state index in [0.29, 0.717) is 22.6 Å². The third kappa shape index (κ3) is 6.38. The molecule has 0 atom stereocenters. The Morgan fingerprint density at radius 2 is 1.74 bits per heavy atom. The highest BCUT2D eigenvalue weighted by Gasteiger charge is 2.58. The van der Waals surface area contributed by atoms with Crippen molar-refractivity contribution >= 4 is 27.7 Å². The zero-order chi connectivity index (χ0) is 26.1. The fraction of sp³-hybridized carbons (Fsp3) is 0.294. The molecule has 2 rings (SSSR count). The second-order valence-corrected chi connectivity index (χ2v) is 8.82. The number of pyridine rings is 1. The van der Waals surface area contributed by atoms with E-state index in [1.54, 1.807) is 0 Å². The Hall–Kier alpha value is -2.85. The van der Waals surface area contributed by atoms with Crippen LogP contribution in [-0.4, -0.2) is 56.4 Å². The van der Waals surface area contributed by atoms with Crippen LogP contribution in [-0.2, 0) is 10.2 Å². The molecule has 1 heterocycles. The molecule has 0 radical (unpaired) electrons. The number of aromatic nitrogens is 1. The standard InChI is InChI=1S/C17H13ClF7N3O5S/c1-28(2)34(30,31)27-14(29)9-4-12(20)13(5-11(9)19)33-8-3-10(18)15(26-6-8)32-7-16(21,22)17(23,24)25/h3-6H,7H2,1-2H3,(H,27,29). The van der Waals surface area contributed by atoms with Gasteiger partial charge in [-0.05, 0) is 6.07 Å². The van der Waals surface area contributed by atoms with Crippen molar-refractivity contribution in [2.24, 2.45) is 0 Å². The van der Waals surface area contributed by atoms with Gasteiger partial charge in [0, 0.05) is 26.2 Å². The van der Waals surface area contributed by atoms with Gasteiger partial charge in [0.1, 0.15) is 16.6 Å². The third-order valence-electron chi connectivity index (χ3n) is 3.78. The number of halogens is 8. The number of amides is 1. The van der Waals surface area contributed by atoms with Crippen LogP contribution < -0.4 is 14.2 Å². The zero-order valence-corrected chi connectivity index (χ0v) is 18.5. The van der Waals surface area contributed by atoms with E-state index in [-0.39, 0.29) is 0 Å². The number of benzene rings is 1. The van der Waals surface area contributed by atoms with Gasteiger partial charge >= 0.3 is 22.3 Å². The van der Waals surface area contributed by atoms with E-state index >= 15 is 0 Å². The summed E-state index contributed by atoms with van der Waals surface area (Å²) < 4.78 is 126. The van der Waals surface area contributed by atoms with Gasteiger partial charge in [-0.2, -0.15) is 34.7 Å². The van der Waals surface area contributed by atoms with Gasteiger partial charge in [-0.3, -0.25) is 4.79 Å². The topological polar surface area (TPSA) is 97.8 Å². The van der Waals surface area contributed by atoms with Crippen molar-refractivity contribution in [3.05, 3.63) is 46.6 Å². The first-order valence-electron chi connectivity index (χ1n) is 8.59. The zero-order valence-electron chi connectivity index (χ0n) is 16.9. The molecule has 17 heteroatoms. The lowest BCUT2D eigenvalue weighted by molar-refractivity contribution is -0.290. The summed E-state index contributed by atoms with van der Waals surface area (Å²) in [6.07, 6.45) is -5.17. The Morgan fingerprint density at radius 3 is 2.26 bits per heavy atom. The molecule has 0 aliphatic carbocycles. The molecule has 8 nitrogen and oxygen atoms in total. The lowest BCUT2D eigenvalue weighted by Gasteiger charge is -2.19. The molecule has 0 saturated heterocycles. The van der Waals surface area contributed by atoms with Crippen LogP contribution in [0.25, 0.3) is 0 Å². The van der Waals surface area contributed by atoms with Gasteiger partial charge in [0.15, 0.2) is 18.2 Å². The van der Waals surface area contributed by atoms with Crippen LogP contribution in [0, 0.1) is 11.6 Å². The highest BCUT2D eigenvalue weighted by molar-refractivity contribution is 7.87. The molecule has 2 aromatic rings. The van der Waals surface area contributed by atoms with Crippen molar-refractivity contribution in [1.82, 2.24) is 14.0 Å². The SMILES string of the molecule is CN(C)S(=O)(=O)NC(=O)c1cc(F)c(Oc2cnc(OCC(F)(F)C(F)(F)F)c(Cl)c2)cc1F. The average Bonchev–Trinajstić information content (AvgIpc) is 2.68. The minimum atomic E-state index is -5.87. The third-order valence-corrected chi connectivity index (χ3v) is 5.46. The van der Waals surface area contributed by atoms with Crippen LogP contribution in [0.5, 0.6) is 17.4 Å². The van der Waals surface area contributed by atoms with Crippen molar-refractivity contribution in [2.75, 3.05) is 20.7 Å². The lowest BCUT2D eigenvalue weighted by Crippen LogP contribution is -2.41. The van der Waals surface area contributed by atoms with Gasteiger partial charge in [0.2, 0.25) is 5.88 Å². The Morgan fingerprint density at radius 1 is 1.12 bits per heavy atom. The van der Waals surface area contributed by atoms with Crippen molar-refractivity contribution in [3.8, 4) is 17.4 Å². The number of carbonyl (C=O) groups is 1. The van der Waals surface area contributed by atoms with Gasteiger partial charge in [0.25, 0.3) is 5.91 Å². The van der Waals surface area contributed by atoms with Crippen LogP contribution in [0.3, 0.4) is 0 Å². The van der Waals surface area contributed by atoms with Crippen molar-refractivity contribution in [1.29, 1.82) is 0 Å². The molecule has 188 valence electrons. The molecule has 0 bridgehead atoms. The molecule has 0 fully saturated rings. The summed E-state index contributed by atoms with van der Waals surface area (Å²) in [4.78, 5) is 15.3. The Bertz CT molecular complexity index is 1190. The van der Waals surface area contributed by atoms with Gasteiger partial charge in [0.05, 0.1) is 11.8 Å². The number of nitrogens with one attached hydrogen (secondary N) is 1. The van der Waals surface area contributed by atoms with E-state index in [2.05, 4.69) is 9.72 Å². The first kappa shape index (κ1) is 27.4. The number of hydrogen-bond donors (Lipinski definition) is 1. The van der Waals surface area contributed by atoms with Gasteiger partial charge in [-0.25, -0.2) is 18.5 Å². The maximum Gasteiger partial charge on any atom is 0.456 e. The second kappa shape index (κ2) is 9.79. The number of hydrogen-bond acceptors (Lipinski definition) is 6. The maximum atomic E-state index is 14.3. The summed E-state index contributed by atoms with van der Waals surface area (Å²) >= 11 is 5.69. The fourth-order valence-corrected chi connectivity index (χ4v) is 2.72. The Labute approximate surface area is 192 Å². The Kier molecular flexibility index (Phi) is 7.89. The summed E-state index contributed by atoms with van der Waals surface area (Å²) in [5, 5.41) is -0.596. The van der Waals surface area contributed by atoms with Gasteiger partial charge in [-0.15, -0.1) is 0 Å². The van der Waals surface area contributed by atoms with Gasteiger partial charge in [-0.1, -0.05) is 11.6 Å². The van der Waals surface area contributed by atoms with E-state index in [9.17, 15) is 43.9 Å². The molecule has 0 aliphatic rings. The summed E-state index contributed by atoms with van der Waals surface area (Å²) in [6.45, 7) is -2.11. The van der Waals surface area contributed by atoms with E-state index in [4.69, 9.17) is 16.3 Å². The van der Waals surface area contributed by atoms with Crippen LogP contribution in [0.2, 0.25) is 5.02 Å². The first-order valence-corrected chi connectivity index (χ1v) is 10.4. The summed E-state index contributed by atoms with van der Waals surface area (Å²) in [7, 11) is -2.13. The molecule has 0 aliphatic heterocycles. The summed E-state index contributed by atoms with van der Waals surface area (Å²) in [5.41, 5.74) is -0.972. The van der Waals surface area contributed by atoms with Crippen LogP contribution >= 0.6 is 11.6 Å². The number of nitrogens with zero attached hydrogens (tertiary/aromatic N) is 2. The van der Waals surface area contributed by atoms with E-state index in [0.717, 1.165) is 20.2 Å². The largest absolute Gasteiger partial charge is 0.470 e. The van der Waals surface area contributed by atoms with Gasteiger partial charge < -0.3 is 9.47 Å². The Balaban J connectivity index is 2.19. The number of rotatable bonds is 8. The molecule has 1 aromatic carbocycles. The predicted octanol–water partition coefficient (Wildman–Crippen LogP) is 3.92. The van der Waals surface area contributed by atoms with Crippen LogP contribution in [0.4, 0.5) is 30.7 Å². The van der Waals surface area contributed by atoms with E-state index in [1.807, 2.05) is 0 Å². The molecular weight excluding hydrogens is 527 g/mol. The molecule has 1 aromatic heterocycles. The number of ether oxygens (including phenoxy) is 2. The summed E-state index contributed by atoms with van der Waals surface area (Å²) in [5.74, 6) is -11.4. The normalized spacial score (nSPS) is 12.6. The van der Waals surface area contributed by atoms with Crippen molar-refractivity contribution in [3.63, 3.8) is 0 Å². The molecule has 1 N–H and O–H groups in total. The smallest absolute Gasteiger partial charge is 0.456 e. The molecular formula is C17H13ClF7N3O5S. The summed E-state index contributed by atoms with van der Waals surface area (Å²) in [6, 6.07) is 1.54. The minimum Gasteiger partial charge on any atom is -0.470 e. The van der Waals surface area contributed by atoms with E-state index in [1.165, 1.54) is 4.72 Å². The fourth-order valence-electron chi connectivity index (χ4n) is 1.98. The molecule has 0 spiro atoms. The molecule has 0 unspecified atom stereocenters. The van der Waals surface area contributed by atoms with Crippen molar-refractivity contribution < 1.29 is 53.4 Å². The first-order chi connectivity index (χ1) is 15.4. The minimum absolute atomic E-state index is 0.344. The maximum absolute atomic E-state index is 14.3. The van der Waals surface area contributed by atoms with Crippen LogP contribution in [0.1, 0.15) is 10.4 Å². The number of alkyl halides is 5. The highest BCUT2D eigenvalue weighted by atomic mass is 35.5. The predicted molar refractivity (Wildman–Crippen MR) is 102 cm³/mol. The number of carbonyl (C=O) groups excluding carboxylic acids is 1. The second-order valence-electron chi connectivity index (χ2n) is 6.53. The molecule has 34 heavy (non-hydrogen) atoms. The van der Waals surface area contributed by atoms with Crippen LogP contribution in [0.15, 0.2) is 24.4 Å². The molecule has 1 amide bonds. The monoisotopic (exact) mass is 539 g/mol. The van der Waals surface area contributed by atoms with E-state index < -0.39 is 74.4 Å². The quantitative estimate of drug-likeness (QED) is 0.511. The molecule has 0 saturated carbocycles. The average molecular weight is 540 g/mol. The van der Waals surface area contributed by atoms with Crippen molar-refractivity contribution in [2.45, 2.75) is 12.1 Å².